The van der Waals surface area contributed by atoms with Crippen LogP contribution in [-0.2, 0) is 14.3 Å². The van der Waals surface area contributed by atoms with Gasteiger partial charge in [-0.15, -0.1) is 0 Å². The van der Waals surface area contributed by atoms with E-state index < -0.39 is 23.4 Å². The molecule has 3 N–H and O–H groups in total. The van der Waals surface area contributed by atoms with Crippen molar-refractivity contribution in [2.24, 2.45) is 28.6 Å². The molecule has 3 fully saturated rings. The summed E-state index contributed by atoms with van der Waals surface area (Å²) in [4.78, 5) is 24.7. The Bertz CT molecular complexity index is 731. The summed E-state index contributed by atoms with van der Waals surface area (Å²) in [6.45, 7) is 3.59. The lowest BCUT2D eigenvalue weighted by molar-refractivity contribution is -0.208. The average molecular weight is 407 g/mol. The maximum absolute atomic E-state index is 12.7. The summed E-state index contributed by atoms with van der Waals surface area (Å²) in [5.41, 5.74) is -1.19. The van der Waals surface area contributed by atoms with Crippen molar-refractivity contribution in [1.29, 1.82) is 0 Å². The zero-order chi connectivity index (χ0) is 21.0. The van der Waals surface area contributed by atoms with Crippen molar-refractivity contribution in [3.05, 3.63) is 11.6 Å². The summed E-state index contributed by atoms with van der Waals surface area (Å²) in [7, 11) is 0. The van der Waals surface area contributed by atoms with Crippen LogP contribution in [0.4, 0.5) is 0 Å². The molecule has 0 aromatic carbocycles. The van der Waals surface area contributed by atoms with Crippen LogP contribution in [0.3, 0.4) is 0 Å². The van der Waals surface area contributed by atoms with E-state index in [2.05, 4.69) is 6.92 Å². The minimum Gasteiger partial charge on any atom is -0.394 e. The highest BCUT2D eigenvalue weighted by Crippen LogP contribution is 2.68. The van der Waals surface area contributed by atoms with E-state index in [1.165, 1.54) is 5.57 Å². The topological polar surface area (TPSA) is 104 Å². The van der Waals surface area contributed by atoms with Gasteiger partial charge in [0.1, 0.15) is 12.2 Å². The van der Waals surface area contributed by atoms with Crippen molar-refractivity contribution in [3.63, 3.8) is 0 Å². The molecule has 4 aliphatic carbocycles. The monoisotopic (exact) mass is 406 g/mol. The van der Waals surface area contributed by atoms with Crippen LogP contribution in [0.1, 0.15) is 58.8 Å². The summed E-state index contributed by atoms with van der Waals surface area (Å²) in [6.07, 6.45) is 6.51. The van der Waals surface area contributed by atoms with Crippen LogP contribution in [0.5, 0.6) is 0 Å². The third-order valence-corrected chi connectivity index (χ3v) is 9.19. The molecular formula is C23H34O6. The predicted octanol–water partition coefficient (Wildman–Crippen LogP) is 1.80. The van der Waals surface area contributed by atoms with Crippen molar-refractivity contribution in [2.75, 3.05) is 19.8 Å². The number of carbonyl (C=O) groups excluding carboxylic acids is 2. The first-order valence-corrected chi connectivity index (χ1v) is 11.0. The number of ether oxygens (including phenoxy) is 1. The van der Waals surface area contributed by atoms with E-state index in [9.17, 15) is 24.9 Å². The smallest absolute Gasteiger partial charge is 0.190 e. The maximum atomic E-state index is 12.7. The highest BCUT2D eigenvalue weighted by atomic mass is 16.5. The summed E-state index contributed by atoms with van der Waals surface area (Å²) in [5.74, 6) is 0.480. The number of ketones is 2. The molecule has 6 heteroatoms. The molecule has 162 valence electrons. The standard InChI is InChI=1S/C23H34O6/c1-21-7-5-15(26)11-14(21)3-4-16-17-6-8-23(28,19(27)13-25)22(17,2)20(12-18(16)21)29-10-9-24/h11,16-18,20,24-25,28H,3-10,12-13H2,1-2H3. The van der Waals surface area contributed by atoms with Gasteiger partial charge in [0, 0.05) is 11.8 Å². The first kappa shape index (κ1) is 21.2. The van der Waals surface area contributed by atoms with Crippen LogP contribution in [0.2, 0.25) is 0 Å². The van der Waals surface area contributed by atoms with E-state index in [1.54, 1.807) is 0 Å². The highest BCUT2D eigenvalue weighted by Gasteiger charge is 2.69. The van der Waals surface area contributed by atoms with Gasteiger partial charge in [-0.05, 0) is 67.8 Å². The number of allylic oxidation sites excluding steroid dienone is 1. The largest absolute Gasteiger partial charge is 0.394 e. The molecule has 0 radical (unpaired) electrons. The molecular weight excluding hydrogens is 372 g/mol. The van der Waals surface area contributed by atoms with Crippen molar-refractivity contribution >= 4 is 11.6 Å². The summed E-state index contributed by atoms with van der Waals surface area (Å²) in [5, 5.41) is 30.4. The normalized spacial score (nSPS) is 46.5. The number of hydrogen-bond donors (Lipinski definition) is 3. The third-order valence-electron chi connectivity index (χ3n) is 9.19. The molecule has 0 aromatic rings. The van der Waals surface area contributed by atoms with Gasteiger partial charge in [0.25, 0.3) is 0 Å². The van der Waals surface area contributed by atoms with Gasteiger partial charge in [0.05, 0.1) is 19.3 Å². The Morgan fingerprint density at radius 3 is 2.62 bits per heavy atom. The molecule has 29 heavy (non-hydrogen) atoms. The van der Waals surface area contributed by atoms with E-state index in [-0.39, 0.29) is 36.4 Å². The Morgan fingerprint density at radius 2 is 1.93 bits per heavy atom. The second kappa shape index (κ2) is 7.26. The molecule has 0 aromatic heterocycles. The molecule has 6 nitrogen and oxygen atoms in total. The molecule has 4 rings (SSSR count). The number of aliphatic hydroxyl groups is 3. The Labute approximate surface area is 172 Å². The maximum Gasteiger partial charge on any atom is 0.190 e. The molecule has 0 heterocycles. The van der Waals surface area contributed by atoms with Gasteiger partial charge in [0.15, 0.2) is 11.6 Å². The van der Waals surface area contributed by atoms with Crippen LogP contribution in [0, 0.1) is 28.6 Å². The number of aliphatic hydroxyl groups excluding tert-OH is 2. The van der Waals surface area contributed by atoms with Gasteiger partial charge in [-0.1, -0.05) is 19.4 Å². The minimum atomic E-state index is -1.60. The lowest BCUT2D eigenvalue weighted by atomic mass is 9.45. The first-order chi connectivity index (χ1) is 13.7. The van der Waals surface area contributed by atoms with Crippen molar-refractivity contribution in [3.8, 4) is 0 Å². The van der Waals surface area contributed by atoms with E-state index in [0.717, 1.165) is 25.7 Å². The van der Waals surface area contributed by atoms with Gasteiger partial charge < -0.3 is 20.1 Å². The van der Waals surface area contributed by atoms with Crippen LogP contribution in [0.15, 0.2) is 11.6 Å². The summed E-state index contributed by atoms with van der Waals surface area (Å²) in [6, 6.07) is 0. The molecule has 0 aliphatic heterocycles. The second-order valence-electron chi connectivity index (χ2n) is 10.1. The molecule has 3 saturated carbocycles. The fourth-order valence-corrected chi connectivity index (χ4v) is 7.55. The Morgan fingerprint density at radius 1 is 1.17 bits per heavy atom. The molecule has 7 unspecified atom stereocenters. The van der Waals surface area contributed by atoms with E-state index in [0.29, 0.717) is 31.1 Å². The van der Waals surface area contributed by atoms with Gasteiger partial charge in [-0.2, -0.15) is 0 Å². The summed E-state index contributed by atoms with van der Waals surface area (Å²) < 4.78 is 6.10. The van der Waals surface area contributed by atoms with Crippen molar-refractivity contribution in [2.45, 2.75) is 70.5 Å². The Kier molecular flexibility index (Phi) is 5.30. The van der Waals surface area contributed by atoms with Crippen LogP contribution >= 0.6 is 0 Å². The van der Waals surface area contributed by atoms with Gasteiger partial charge >= 0.3 is 0 Å². The predicted molar refractivity (Wildman–Crippen MR) is 106 cm³/mol. The summed E-state index contributed by atoms with van der Waals surface area (Å²) >= 11 is 0. The molecule has 0 saturated heterocycles. The Balaban J connectivity index is 1.75. The first-order valence-electron chi connectivity index (χ1n) is 11.0. The number of fused-ring (bicyclic) bond motifs is 5. The molecule has 4 aliphatic rings. The van der Waals surface area contributed by atoms with Crippen molar-refractivity contribution < 1.29 is 29.6 Å². The number of rotatable bonds is 5. The molecule has 0 spiro atoms. The van der Waals surface area contributed by atoms with E-state index in [4.69, 9.17) is 4.74 Å². The zero-order valence-electron chi connectivity index (χ0n) is 17.5. The molecule has 0 bridgehead atoms. The van der Waals surface area contributed by atoms with E-state index >= 15 is 0 Å². The lowest BCUT2D eigenvalue weighted by Crippen LogP contribution is -2.64. The SMILES string of the molecule is CC12CCC(=O)C=C1CCC1C2CC(OCCO)C2(C)C1CCC2(O)C(=O)CO. The van der Waals surface area contributed by atoms with Crippen LogP contribution in [0.25, 0.3) is 0 Å². The molecule has 7 atom stereocenters. The molecule has 0 amide bonds. The van der Waals surface area contributed by atoms with Crippen LogP contribution < -0.4 is 0 Å². The van der Waals surface area contributed by atoms with E-state index in [1.807, 2.05) is 13.0 Å². The number of Topliss-reactive ketones (excluding diaryl/α,β-unsaturated/α-hetero) is 1. The minimum absolute atomic E-state index is 0.0549. The fraction of sp³-hybridized carbons (Fsp3) is 0.826. The average Bonchev–Trinajstić information content (AvgIpc) is 2.99. The van der Waals surface area contributed by atoms with Gasteiger partial charge in [-0.25, -0.2) is 0 Å². The quantitative estimate of drug-likeness (QED) is 0.643. The second-order valence-corrected chi connectivity index (χ2v) is 10.1. The Hall–Kier alpha value is -1.08. The van der Waals surface area contributed by atoms with Gasteiger partial charge in [0.2, 0.25) is 0 Å². The number of hydrogen-bond acceptors (Lipinski definition) is 6. The van der Waals surface area contributed by atoms with Crippen molar-refractivity contribution in [1.82, 2.24) is 0 Å². The van der Waals surface area contributed by atoms with Gasteiger partial charge in [-0.3, -0.25) is 9.59 Å². The number of carbonyl (C=O) groups is 2. The highest BCUT2D eigenvalue weighted by molar-refractivity contribution is 5.91. The third kappa shape index (κ3) is 2.83. The fourth-order valence-electron chi connectivity index (χ4n) is 7.55. The zero-order valence-corrected chi connectivity index (χ0v) is 17.5. The lowest BCUT2D eigenvalue weighted by Gasteiger charge is -2.61. The van der Waals surface area contributed by atoms with Crippen LogP contribution in [-0.4, -0.2) is 58.4 Å².